The monoisotopic (exact) mass is 437 g/mol. The van der Waals surface area contributed by atoms with Gasteiger partial charge in [-0.25, -0.2) is 4.98 Å². The fourth-order valence-corrected chi connectivity index (χ4v) is 5.37. The van der Waals surface area contributed by atoms with E-state index in [1.165, 1.54) is 12.0 Å². The van der Waals surface area contributed by atoms with Crippen LogP contribution in [0.4, 0.5) is 5.69 Å². The summed E-state index contributed by atoms with van der Waals surface area (Å²) in [7, 11) is 1.61. The zero-order valence-corrected chi connectivity index (χ0v) is 18.6. The molecule has 0 radical (unpaired) electrons. The van der Waals surface area contributed by atoms with Gasteiger partial charge in [-0.3, -0.25) is 14.5 Å². The van der Waals surface area contributed by atoms with Crippen molar-refractivity contribution in [1.29, 1.82) is 0 Å². The number of nitrogens with one attached hydrogen (secondary N) is 2. The molecule has 8 heteroatoms. The first kappa shape index (κ1) is 21.2. The molecule has 3 aliphatic rings. The van der Waals surface area contributed by atoms with Crippen molar-refractivity contribution in [3.63, 3.8) is 0 Å². The van der Waals surface area contributed by atoms with Crippen LogP contribution in [0.15, 0.2) is 29.2 Å². The van der Waals surface area contributed by atoms with Crippen LogP contribution in [0.25, 0.3) is 0 Å². The molecular weight excluding hydrogens is 406 g/mol. The highest BCUT2D eigenvalue weighted by molar-refractivity contribution is 5.92. The predicted molar refractivity (Wildman–Crippen MR) is 122 cm³/mol. The van der Waals surface area contributed by atoms with E-state index < -0.39 is 0 Å². The minimum Gasteiger partial charge on any atom is -0.376 e. The van der Waals surface area contributed by atoms with Crippen LogP contribution in [-0.2, 0) is 17.8 Å². The lowest BCUT2D eigenvalue weighted by Crippen LogP contribution is -2.49. The number of rotatable bonds is 4. The lowest BCUT2D eigenvalue weighted by molar-refractivity contribution is 0.0958. The van der Waals surface area contributed by atoms with Crippen molar-refractivity contribution in [2.45, 2.75) is 44.2 Å². The number of fused-ring (bicyclic) bond motifs is 1. The molecule has 0 spiro atoms. The number of amides is 1. The molecule has 0 unspecified atom stereocenters. The maximum atomic E-state index is 12.5. The molecule has 32 heavy (non-hydrogen) atoms. The molecule has 2 N–H and O–H groups in total. The van der Waals surface area contributed by atoms with Crippen LogP contribution in [0.1, 0.15) is 52.5 Å². The molecule has 0 aromatic carbocycles. The van der Waals surface area contributed by atoms with Gasteiger partial charge in [0, 0.05) is 56.4 Å². The van der Waals surface area contributed by atoms with Gasteiger partial charge in [-0.1, -0.05) is 0 Å². The lowest BCUT2D eigenvalue weighted by Gasteiger charge is -2.39. The van der Waals surface area contributed by atoms with Gasteiger partial charge in [0.15, 0.2) is 0 Å². The Bertz CT molecular complexity index is 1030. The van der Waals surface area contributed by atoms with Crippen LogP contribution in [0, 0.1) is 0 Å². The maximum Gasteiger partial charge on any atom is 0.269 e. The number of aromatic amines is 1. The summed E-state index contributed by atoms with van der Waals surface area (Å²) in [6.45, 7) is 5.10. The van der Waals surface area contributed by atoms with Gasteiger partial charge in [-0.15, -0.1) is 0 Å². The summed E-state index contributed by atoms with van der Waals surface area (Å²) in [5.74, 6) is 0.270. The molecule has 1 saturated heterocycles. The highest BCUT2D eigenvalue weighted by Crippen LogP contribution is 2.37. The Morgan fingerprint density at radius 3 is 2.81 bits per heavy atom. The fourth-order valence-electron chi connectivity index (χ4n) is 5.37. The van der Waals surface area contributed by atoms with E-state index in [4.69, 9.17) is 4.74 Å². The second-order valence-corrected chi connectivity index (χ2v) is 9.03. The fraction of sp³-hybridized carbons (Fsp3) is 0.542. The van der Waals surface area contributed by atoms with Crippen molar-refractivity contribution in [3.8, 4) is 0 Å². The first-order valence-corrected chi connectivity index (χ1v) is 11.6. The summed E-state index contributed by atoms with van der Waals surface area (Å²) in [4.78, 5) is 36.6. The van der Waals surface area contributed by atoms with Gasteiger partial charge in [0.1, 0.15) is 5.69 Å². The summed E-state index contributed by atoms with van der Waals surface area (Å²) in [5.41, 5.74) is 4.63. The summed E-state index contributed by atoms with van der Waals surface area (Å²) < 4.78 is 5.45. The van der Waals surface area contributed by atoms with Crippen molar-refractivity contribution in [3.05, 3.63) is 57.3 Å². The molecule has 2 aliphatic heterocycles. The Labute approximate surface area is 188 Å². The van der Waals surface area contributed by atoms with Crippen molar-refractivity contribution in [1.82, 2.24) is 20.2 Å². The van der Waals surface area contributed by atoms with Gasteiger partial charge in [-0.2, -0.15) is 0 Å². The highest BCUT2D eigenvalue weighted by Gasteiger charge is 2.33. The van der Waals surface area contributed by atoms with E-state index >= 15 is 0 Å². The topological polar surface area (TPSA) is 90.6 Å². The number of H-pyrrole nitrogens is 1. The molecule has 2 fully saturated rings. The molecule has 1 aliphatic carbocycles. The van der Waals surface area contributed by atoms with Crippen molar-refractivity contribution < 1.29 is 9.53 Å². The van der Waals surface area contributed by atoms with Crippen LogP contribution >= 0.6 is 0 Å². The normalized spacial score (nSPS) is 23.7. The zero-order chi connectivity index (χ0) is 22.1. The lowest BCUT2D eigenvalue weighted by atomic mass is 9.97. The number of aromatic nitrogens is 2. The van der Waals surface area contributed by atoms with E-state index in [-0.39, 0.29) is 11.5 Å². The first-order valence-electron chi connectivity index (χ1n) is 11.6. The number of pyridine rings is 2. The molecule has 2 aromatic heterocycles. The quantitative estimate of drug-likeness (QED) is 0.756. The van der Waals surface area contributed by atoms with Gasteiger partial charge < -0.3 is 19.9 Å². The zero-order valence-electron chi connectivity index (χ0n) is 18.6. The predicted octanol–water partition coefficient (Wildman–Crippen LogP) is 1.66. The van der Waals surface area contributed by atoms with Gasteiger partial charge in [0.2, 0.25) is 0 Å². The summed E-state index contributed by atoms with van der Waals surface area (Å²) in [6, 6.07) is 6.56. The van der Waals surface area contributed by atoms with Crippen molar-refractivity contribution in [2.75, 3.05) is 44.7 Å². The van der Waals surface area contributed by atoms with Crippen molar-refractivity contribution in [2.24, 2.45) is 0 Å². The molecule has 1 saturated carbocycles. The number of anilines is 1. The first-order chi connectivity index (χ1) is 15.6. The number of nitrogens with zero attached hydrogens (tertiary/aromatic N) is 3. The smallest absolute Gasteiger partial charge is 0.269 e. The minimum absolute atomic E-state index is 0.0327. The molecule has 0 bridgehead atoms. The van der Waals surface area contributed by atoms with E-state index in [1.54, 1.807) is 19.3 Å². The van der Waals surface area contributed by atoms with Gasteiger partial charge in [0.25, 0.3) is 11.5 Å². The second kappa shape index (κ2) is 9.03. The van der Waals surface area contributed by atoms with E-state index in [0.717, 1.165) is 62.4 Å². The number of piperazine rings is 1. The highest BCUT2D eigenvalue weighted by atomic mass is 16.5. The third-order valence-electron chi connectivity index (χ3n) is 7.26. The summed E-state index contributed by atoms with van der Waals surface area (Å²) in [5, 5.41) is 2.60. The molecule has 170 valence electrons. The van der Waals surface area contributed by atoms with Crippen LogP contribution in [-0.4, -0.2) is 66.7 Å². The number of carbonyl (C=O) groups excluding carboxylic acids is 1. The number of ether oxygens (including phenoxy) is 1. The molecule has 8 nitrogen and oxygen atoms in total. The van der Waals surface area contributed by atoms with Gasteiger partial charge in [0.05, 0.1) is 25.1 Å². The van der Waals surface area contributed by atoms with E-state index in [1.807, 2.05) is 6.07 Å². The third-order valence-corrected chi connectivity index (χ3v) is 7.26. The number of hydrogen-bond acceptors (Lipinski definition) is 6. The molecule has 2 atom stereocenters. The van der Waals surface area contributed by atoms with E-state index in [2.05, 4.69) is 31.2 Å². The van der Waals surface area contributed by atoms with Crippen molar-refractivity contribution >= 4 is 11.6 Å². The standard InChI is InChI=1S/C24H31N5O3/c1-25-24(31)21-5-4-19(14-26-21)29-9-7-28(8-10-29)18-3-2-17(12-18)22-13-16-6-11-32-15-20(16)23(30)27-22/h4-5,13-14,17-18H,2-3,6-12,15H2,1H3,(H,25,31)(H,27,30)/t17-,18+/m1/s1. The molecule has 2 aromatic rings. The summed E-state index contributed by atoms with van der Waals surface area (Å²) >= 11 is 0. The Hall–Kier alpha value is -2.71. The van der Waals surface area contributed by atoms with Gasteiger partial charge >= 0.3 is 0 Å². The average Bonchev–Trinajstić information content (AvgIpc) is 3.34. The Morgan fingerprint density at radius 2 is 2.06 bits per heavy atom. The molecule has 5 rings (SSSR count). The third kappa shape index (κ3) is 4.17. The summed E-state index contributed by atoms with van der Waals surface area (Å²) in [6.07, 6.45) is 6.04. The van der Waals surface area contributed by atoms with E-state index in [9.17, 15) is 9.59 Å². The molecular formula is C24H31N5O3. The van der Waals surface area contributed by atoms with Crippen LogP contribution in [0.5, 0.6) is 0 Å². The van der Waals surface area contributed by atoms with Crippen LogP contribution in [0.3, 0.4) is 0 Å². The Morgan fingerprint density at radius 1 is 1.22 bits per heavy atom. The maximum absolute atomic E-state index is 12.5. The minimum atomic E-state index is -0.161. The Kier molecular flexibility index (Phi) is 5.97. The average molecular weight is 438 g/mol. The molecule has 1 amide bonds. The van der Waals surface area contributed by atoms with E-state index in [0.29, 0.717) is 30.9 Å². The second-order valence-electron chi connectivity index (χ2n) is 9.03. The number of hydrogen-bond donors (Lipinski definition) is 2. The largest absolute Gasteiger partial charge is 0.376 e. The Balaban J connectivity index is 1.18. The van der Waals surface area contributed by atoms with Gasteiger partial charge in [-0.05, 0) is 49.4 Å². The molecule has 4 heterocycles. The van der Waals surface area contributed by atoms with Crippen LogP contribution in [0.2, 0.25) is 0 Å². The van der Waals surface area contributed by atoms with Crippen LogP contribution < -0.4 is 15.8 Å². The number of carbonyl (C=O) groups is 1. The SMILES string of the molecule is CNC(=O)c1ccc(N2CCN([C@H]3CC[C@@H](c4cc5c(c(=O)[nH]4)COCC5)C3)CC2)cn1.